The van der Waals surface area contributed by atoms with Gasteiger partial charge in [0, 0.05) is 12.0 Å². The molecular weight excluding hydrogens is 297 g/mol. The first-order chi connectivity index (χ1) is 10.3. The number of aromatic carboxylic acids is 1. The zero-order chi connectivity index (χ0) is 16.3. The number of rotatable bonds is 5. The number of halogens is 3. The second-order valence-electron chi connectivity index (χ2n) is 4.93. The highest BCUT2D eigenvalue weighted by Gasteiger charge is 2.30. The van der Waals surface area contributed by atoms with Crippen molar-refractivity contribution < 1.29 is 27.5 Å². The number of alkyl halides is 3. The summed E-state index contributed by atoms with van der Waals surface area (Å²) in [6.07, 6.45) is -2.26. The van der Waals surface area contributed by atoms with Gasteiger partial charge in [-0.25, -0.2) is 4.79 Å². The van der Waals surface area contributed by atoms with Crippen LogP contribution in [-0.2, 0) is 12.6 Å². The summed E-state index contributed by atoms with van der Waals surface area (Å²) in [6, 6.07) is 5.80. The largest absolute Gasteiger partial charge is 0.478 e. The average Bonchev–Trinajstić information content (AvgIpc) is 2.88. The number of hydrogen-bond donors (Lipinski definition) is 1. The van der Waals surface area contributed by atoms with E-state index in [0.717, 1.165) is 25.0 Å². The van der Waals surface area contributed by atoms with E-state index >= 15 is 0 Å². The third kappa shape index (κ3) is 3.50. The van der Waals surface area contributed by atoms with Crippen LogP contribution >= 0.6 is 0 Å². The highest BCUT2D eigenvalue weighted by Crippen LogP contribution is 2.32. The number of unbranched alkanes of at least 4 members (excludes halogenated alkanes) is 1. The number of aryl methyl sites for hydroxylation is 1. The van der Waals surface area contributed by atoms with E-state index in [2.05, 4.69) is 0 Å². The van der Waals surface area contributed by atoms with Crippen LogP contribution in [0.25, 0.3) is 11.3 Å². The number of carbonyl (C=O) groups is 1. The van der Waals surface area contributed by atoms with E-state index in [-0.39, 0.29) is 11.3 Å². The van der Waals surface area contributed by atoms with Gasteiger partial charge in [0.05, 0.1) is 5.56 Å². The van der Waals surface area contributed by atoms with E-state index < -0.39 is 17.7 Å². The molecule has 6 heteroatoms. The van der Waals surface area contributed by atoms with Gasteiger partial charge < -0.3 is 9.52 Å². The molecule has 0 saturated heterocycles. The fourth-order valence-electron chi connectivity index (χ4n) is 2.10. The molecule has 1 aromatic carbocycles. The van der Waals surface area contributed by atoms with Crippen molar-refractivity contribution in [1.82, 2.24) is 0 Å². The zero-order valence-corrected chi connectivity index (χ0v) is 11.9. The zero-order valence-electron chi connectivity index (χ0n) is 11.9. The lowest BCUT2D eigenvalue weighted by molar-refractivity contribution is -0.137. The molecule has 0 aliphatic carbocycles. The maximum atomic E-state index is 12.5. The third-order valence-electron chi connectivity index (χ3n) is 3.29. The Morgan fingerprint density at radius 1 is 1.23 bits per heavy atom. The van der Waals surface area contributed by atoms with Crippen molar-refractivity contribution in [3.05, 3.63) is 47.2 Å². The van der Waals surface area contributed by atoms with Crippen LogP contribution in [0.5, 0.6) is 0 Å². The van der Waals surface area contributed by atoms with E-state index in [4.69, 9.17) is 9.52 Å². The predicted molar refractivity (Wildman–Crippen MR) is 74.7 cm³/mol. The first-order valence-corrected chi connectivity index (χ1v) is 6.86. The van der Waals surface area contributed by atoms with Crippen molar-refractivity contribution in [3.63, 3.8) is 0 Å². The van der Waals surface area contributed by atoms with Crippen molar-refractivity contribution in [1.29, 1.82) is 0 Å². The van der Waals surface area contributed by atoms with E-state index in [9.17, 15) is 18.0 Å². The van der Waals surface area contributed by atoms with Gasteiger partial charge in [0.2, 0.25) is 0 Å². The lowest BCUT2D eigenvalue weighted by Crippen LogP contribution is -2.03. The van der Waals surface area contributed by atoms with Crippen LogP contribution in [0, 0.1) is 0 Å². The highest BCUT2D eigenvalue weighted by molar-refractivity contribution is 5.90. The molecule has 0 spiro atoms. The molecule has 0 aliphatic rings. The number of benzene rings is 1. The van der Waals surface area contributed by atoms with Gasteiger partial charge in [-0.1, -0.05) is 25.5 Å². The Hall–Kier alpha value is -2.24. The fourth-order valence-corrected chi connectivity index (χ4v) is 2.10. The van der Waals surface area contributed by atoms with Crippen LogP contribution in [-0.4, -0.2) is 11.1 Å². The maximum absolute atomic E-state index is 12.5. The SMILES string of the molecule is CCCCc1oc(-c2ccc(C(F)(F)F)cc2)cc1C(=O)O. The summed E-state index contributed by atoms with van der Waals surface area (Å²) in [5, 5.41) is 9.17. The molecule has 0 amide bonds. The Bertz CT molecular complexity index is 654. The van der Waals surface area contributed by atoms with Crippen LogP contribution in [0.15, 0.2) is 34.7 Å². The average molecular weight is 312 g/mol. The molecular formula is C16H15F3O3. The summed E-state index contributed by atoms with van der Waals surface area (Å²) in [7, 11) is 0. The van der Waals surface area contributed by atoms with E-state index in [1.807, 2.05) is 6.92 Å². The van der Waals surface area contributed by atoms with Gasteiger partial charge >= 0.3 is 12.1 Å². The number of furan rings is 1. The second kappa shape index (κ2) is 6.25. The van der Waals surface area contributed by atoms with Crippen LogP contribution in [0.2, 0.25) is 0 Å². The normalized spacial score (nSPS) is 11.6. The van der Waals surface area contributed by atoms with Gasteiger partial charge in [0.25, 0.3) is 0 Å². The summed E-state index contributed by atoms with van der Waals surface area (Å²) in [4.78, 5) is 11.2. The summed E-state index contributed by atoms with van der Waals surface area (Å²) >= 11 is 0. The molecule has 1 aromatic heterocycles. The smallest absolute Gasteiger partial charge is 0.416 e. The molecule has 1 N–H and O–H groups in total. The van der Waals surface area contributed by atoms with Crippen molar-refractivity contribution >= 4 is 5.97 Å². The minimum Gasteiger partial charge on any atom is -0.478 e. The molecule has 2 aromatic rings. The number of carboxylic acid groups (broad SMARTS) is 1. The van der Waals surface area contributed by atoms with Crippen LogP contribution in [0.1, 0.15) is 41.4 Å². The van der Waals surface area contributed by atoms with Crippen LogP contribution in [0.4, 0.5) is 13.2 Å². The first kappa shape index (κ1) is 16.1. The van der Waals surface area contributed by atoms with E-state index in [0.29, 0.717) is 17.7 Å². The Balaban J connectivity index is 2.34. The molecule has 2 rings (SSSR count). The Kier molecular flexibility index (Phi) is 4.59. The summed E-state index contributed by atoms with van der Waals surface area (Å²) in [5.74, 6) is -0.491. The minimum atomic E-state index is -4.40. The summed E-state index contributed by atoms with van der Waals surface area (Å²) < 4.78 is 43.1. The Labute approximate surface area is 125 Å². The molecule has 0 radical (unpaired) electrons. The predicted octanol–water partition coefficient (Wildman–Crippen LogP) is 5.01. The summed E-state index contributed by atoms with van der Waals surface area (Å²) in [6.45, 7) is 1.97. The fraction of sp³-hybridized carbons (Fsp3) is 0.312. The molecule has 118 valence electrons. The molecule has 0 bridgehead atoms. The molecule has 1 heterocycles. The topological polar surface area (TPSA) is 50.4 Å². The van der Waals surface area contributed by atoms with Crippen LogP contribution < -0.4 is 0 Å². The first-order valence-electron chi connectivity index (χ1n) is 6.86. The van der Waals surface area contributed by atoms with Gasteiger partial charge in [-0.3, -0.25) is 0 Å². The van der Waals surface area contributed by atoms with Crippen molar-refractivity contribution in [3.8, 4) is 11.3 Å². The number of carboxylic acids is 1. The maximum Gasteiger partial charge on any atom is 0.416 e. The van der Waals surface area contributed by atoms with Gasteiger partial charge in [-0.2, -0.15) is 13.2 Å². The molecule has 3 nitrogen and oxygen atoms in total. The standard InChI is InChI=1S/C16H15F3O3/c1-2-3-4-13-12(15(20)21)9-14(22-13)10-5-7-11(8-6-10)16(17,18)19/h5-9H,2-4H2,1H3,(H,20,21). The van der Waals surface area contributed by atoms with Crippen LogP contribution in [0.3, 0.4) is 0 Å². The number of hydrogen-bond acceptors (Lipinski definition) is 2. The summed E-state index contributed by atoms with van der Waals surface area (Å²) in [5.41, 5.74) is -0.283. The van der Waals surface area contributed by atoms with Gasteiger partial charge in [-0.15, -0.1) is 0 Å². The second-order valence-corrected chi connectivity index (χ2v) is 4.93. The Morgan fingerprint density at radius 3 is 2.36 bits per heavy atom. The monoisotopic (exact) mass is 312 g/mol. The lowest BCUT2D eigenvalue weighted by atomic mass is 10.1. The molecule has 0 saturated carbocycles. The van der Waals surface area contributed by atoms with E-state index in [1.165, 1.54) is 18.2 Å². The van der Waals surface area contributed by atoms with Crippen molar-refractivity contribution in [2.24, 2.45) is 0 Å². The molecule has 0 unspecified atom stereocenters. The molecule has 0 atom stereocenters. The molecule has 0 aliphatic heterocycles. The lowest BCUT2D eigenvalue weighted by Gasteiger charge is -2.06. The highest BCUT2D eigenvalue weighted by atomic mass is 19.4. The van der Waals surface area contributed by atoms with Gasteiger partial charge in [-0.05, 0) is 24.6 Å². The van der Waals surface area contributed by atoms with Gasteiger partial charge in [0.1, 0.15) is 17.1 Å². The minimum absolute atomic E-state index is 0.0587. The van der Waals surface area contributed by atoms with Gasteiger partial charge in [0.15, 0.2) is 0 Å². The quantitative estimate of drug-likeness (QED) is 0.844. The molecule has 22 heavy (non-hydrogen) atoms. The van der Waals surface area contributed by atoms with Crippen molar-refractivity contribution in [2.75, 3.05) is 0 Å². The van der Waals surface area contributed by atoms with E-state index in [1.54, 1.807) is 0 Å². The molecule has 0 fully saturated rings. The third-order valence-corrected chi connectivity index (χ3v) is 3.29. The van der Waals surface area contributed by atoms with Crippen molar-refractivity contribution in [2.45, 2.75) is 32.4 Å². The Morgan fingerprint density at radius 2 is 1.86 bits per heavy atom.